The molecule has 2 aromatic carbocycles. The number of nitrogens with two attached hydrogens (primary N) is 1. The molecular weight excluding hydrogens is 242 g/mol. The third kappa shape index (κ3) is 2.63. The van der Waals surface area contributed by atoms with Crippen LogP contribution in [0, 0.1) is 0 Å². The second kappa shape index (κ2) is 5.63. The van der Waals surface area contributed by atoms with Crippen LogP contribution in [0.1, 0.15) is 24.2 Å². The van der Waals surface area contributed by atoms with Crippen LogP contribution in [0.4, 0.5) is 5.69 Å². The number of anilines is 1. The molecule has 0 bridgehead atoms. The summed E-state index contributed by atoms with van der Waals surface area (Å²) in [5.74, 6) is -0.271. The largest absolute Gasteiger partial charge is 0.506 e. The van der Waals surface area contributed by atoms with Gasteiger partial charge in [-0.2, -0.15) is 0 Å². The Labute approximate surface area is 112 Å². The molecule has 0 aromatic heterocycles. The first-order valence-electron chi connectivity index (χ1n) is 6.12. The summed E-state index contributed by atoms with van der Waals surface area (Å²) < 4.78 is 5.69. The Hall–Kier alpha value is -2.20. The first-order chi connectivity index (χ1) is 9.15. The van der Waals surface area contributed by atoms with Gasteiger partial charge in [0.1, 0.15) is 23.3 Å². The van der Waals surface area contributed by atoms with Crippen LogP contribution < -0.4 is 5.73 Å². The van der Waals surface area contributed by atoms with E-state index in [1.807, 2.05) is 37.3 Å². The highest BCUT2D eigenvalue weighted by Crippen LogP contribution is 2.39. The monoisotopic (exact) mass is 259 g/mol. The van der Waals surface area contributed by atoms with Crippen LogP contribution >= 0.6 is 0 Å². The maximum atomic E-state index is 10.1. The van der Waals surface area contributed by atoms with Gasteiger partial charge in [0.2, 0.25) is 0 Å². The van der Waals surface area contributed by atoms with E-state index in [0.717, 1.165) is 5.56 Å². The number of benzene rings is 2. The average Bonchev–Trinajstić information content (AvgIpc) is 2.44. The minimum Gasteiger partial charge on any atom is -0.506 e. The topological polar surface area (TPSA) is 75.7 Å². The normalized spacial score (nSPS) is 12.3. The van der Waals surface area contributed by atoms with Crippen molar-refractivity contribution in [1.29, 1.82) is 0 Å². The van der Waals surface area contributed by atoms with Crippen molar-refractivity contribution in [1.82, 2.24) is 0 Å². The molecular formula is C15H17NO3. The van der Waals surface area contributed by atoms with Gasteiger partial charge in [-0.1, -0.05) is 30.3 Å². The highest BCUT2D eigenvalue weighted by molar-refractivity contribution is 5.65. The fraction of sp³-hybridized carbons (Fsp3) is 0.200. The molecule has 2 rings (SSSR count). The van der Waals surface area contributed by atoms with Crippen molar-refractivity contribution in [3.63, 3.8) is 0 Å². The Morgan fingerprint density at radius 1 is 1.11 bits per heavy atom. The van der Waals surface area contributed by atoms with Crippen LogP contribution in [0.15, 0.2) is 42.5 Å². The summed E-state index contributed by atoms with van der Waals surface area (Å²) >= 11 is 0. The average molecular weight is 259 g/mol. The number of hydrogen-bond acceptors (Lipinski definition) is 4. The molecule has 0 saturated heterocycles. The van der Waals surface area contributed by atoms with Gasteiger partial charge in [-0.15, -0.1) is 0 Å². The molecule has 4 heteroatoms. The van der Waals surface area contributed by atoms with E-state index in [2.05, 4.69) is 0 Å². The lowest BCUT2D eigenvalue weighted by molar-refractivity contribution is 0.0895. The Kier molecular flexibility index (Phi) is 3.92. The molecule has 0 radical (unpaired) electrons. The van der Waals surface area contributed by atoms with Crippen LogP contribution in [-0.2, 0) is 4.74 Å². The van der Waals surface area contributed by atoms with E-state index in [9.17, 15) is 10.2 Å². The minimum absolute atomic E-state index is 0.0295. The lowest BCUT2D eigenvalue weighted by Gasteiger charge is -2.20. The van der Waals surface area contributed by atoms with Gasteiger partial charge in [-0.05, 0) is 24.6 Å². The van der Waals surface area contributed by atoms with E-state index < -0.39 is 6.10 Å². The van der Waals surface area contributed by atoms with Crippen molar-refractivity contribution in [2.24, 2.45) is 0 Å². The predicted molar refractivity (Wildman–Crippen MR) is 74.1 cm³/mol. The third-order valence-corrected chi connectivity index (χ3v) is 2.94. The van der Waals surface area contributed by atoms with Crippen LogP contribution in [-0.4, -0.2) is 16.8 Å². The summed E-state index contributed by atoms with van der Waals surface area (Å²) in [6.45, 7) is 2.39. The van der Waals surface area contributed by atoms with Gasteiger partial charge in [-0.3, -0.25) is 0 Å². The van der Waals surface area contributed by atoms with E-state index in [-0.39, 0.29) is 17.2 Å². The molecule has 100 valence electrons. The van der Waals surface area contributed by atoms with Gasteiger partial charge in [0.15, 0.2) is 0 Å². The Bertz CT molecular complexity index is 555. The Morgan fingerprint density at radius 3 is 2.42 bits per heavy atom. The zero-order valence-corrected chi connectivity index (χ0v) is 10.7. The molecule has 1 atom stereocenters. The van der Waals surface area contributed by atoms with E-state index in [4.69, 9.17) is 10.5 Å². The summed E-state index contributed by atoms with van der Waals surface area (Å²) in [4.78, 5) is 0. The van der Waals surface area contributed by atoms with E-state index in [1.54, 1.807) is 6.07 Å². The number of hydrogen-bond donors (Lipinski definition) is 3. The van der Waals surface area contributed by atoms with E-state index in [0.29, 0.717) is 12.2 Å². The molecule has 0 aliphatic heterocycles. The van der Waals surface area contributed by atoms with Gasteiger partial charge in [0, 0.05) is 12.2 Å². The van der Waals surface area contributed by atoms with Crippen LogP contribution in [0.2, 0.25) is 0 Å². The summed E-state index contributed by atoms with van der Waals surface area (Å²) in [7, 11) is 0. The quantitative estimate of drug-likeness (QED) is 0.583. The van der Waals surface area contributed by atoms with Crippen molar-refractivity contribution in [2.75, 3.05) is 12.3 Å². The molecule has 0 amide bonds. The standard InChI is InChI=1S/C15H17NO3/c1-2-19-15(10-6-4-3-5-7-10)11-8-9-12(17)13(16)14(11)18/h3-9,15,17-18H,2,16H2,1H3. The van der Waals surface area contributed by atoms with Gasteiger partial charge < -0.3 is 20.7 Å². The molecule has 0 fully saturated rings. The summed E-state index contributed by atoms with van der Waals surface area (Å²) in [5, 5.41) is 19.6. The maximum Gasteiger partial charge on any atom is 0.148 e. The third-order valence-electron chi connectivity index (χ3n) is 2.94. The zero-order valence-electron chi connectivity index (χ0n) is 10.7. The van der Waals surface area contributed by atoms with Gasteiger partial charge in [0.25, 0.3) is 0 Å². The van der Waals surface area contributed by atoms with E-state index >= 15 is 0 Å². The molecule has 0 heterocycles. The molecule has 0 saturated carbocycles. The first-order valence-corrected chi connectivity index (χ1v) is 6.12. The number of phenols is 2. The summed E-state index contributed by atoms with van der Waals surface area (Å²) in [6, 6.07) is 12.6. The SMILES string of the molecule is CCOC(c1ccccc1)c1ccc(O)c(N)c1O. The highest BCUT2D eigenvalue weighted by atomic mass is 16.5. The van der Waals surface area contributed by atoms with Crippen LogP contribution in [0.5, 0.6) is 11.5 Å². The number of rotatable bonds is 4. The van der Waals surface area contributed by atoms with Crippen molar-refractivity contribution in [3.05, 3.63) is 53.6 Å². The predicted octanol–water partition coefficient (Wildman–Crippen LogP) is 2.81. The van der Waals surface area contributed by atoms with E-state index in [1.165, 1.54) is 6.07 Å². The molecule has 0 spiro atoms. The summed E-state index contributed by atoms with van der Waals surface area (Å²) in [5.41, 5.74) is 7.08. The molecule has 4 nitrogen and oxygen atoms in total. The molecule has 1 unspecified atom stereocenters. The van der Waals surface area contributed by atoms with Gasteiger partial charge in [0.05, 0.1) is 0 Å². The number of nitrogen functional groups attached to an aromatic ring is 1. The molecule has 2 aromatic rings. The number of aromatic hydroxyl groups is 2. The first kappa shape index (κ1) is 13.2. The Balaban J connectivity index is 2.49. The lowest BCUT2D eigenvalue weighted by atomic mass is 9.99. The van der Waals surface area contributed by atoms with Gasteiger partial charge in [-0.25, -0.2) is 0 Å². The smallest absolute Gasteiger partial charge is 0.148 e. The molecule has 19 heavy (non-hydrogen) atoms. The van der Waals surface area contributed by atoms with Crippen LogP contribution in [0.3, 0.4) is 0 Å². The van der Waals surface area contributed by atoms with Crippen molar-refractivity contribution >= 4 is 5.69 Å². The fourth-order valence-electron chi connectivity index (χ4n) is 1.99. The second-order valence-electron chi connectivity index (χ2n) is 4.18. The van der Waals surface area contributed by atoms with Crippen molar-refractivity contribution in [3.8, 4) is 11.5 Å². The minimum atomic E-state index is -0.408. The summed E-state index contributed by atoms with van der Waals surface area (Å²) in [6.07, 6.45) is -0.408. The lowest BCUT2D eigenvalue weighted by Crippen LogP contribution is -2.07. The maximum absolute atomic E-state index is 10.1. The van der Waals surface area contributed by atoms with Crippen LogP contribution in [0.25, 0.3) is 0 Å². The highest BCUT2D eigenvalue weighted by Gasteiger charge is 2.20. The number of ether oxygens (including phenoxy) is 1. The molecule has 4 N–H and O–H groups in total. The van der Waals surface area contributed by atoms with Crippen molar-refractivity contribution in [2.45, 2.75) is 13.0 Å². The molecule has 0 aliphatic carbocycles. The van der Waals surface area contributed by atoms with Gasteiger partial charge >= 0.3 is 0 Å². The Morgan fingerprint density at radius 2 is 1.79 bits per heavy atom. The van der Waals surface area contributed by atoms with Crippen molar-refractivity contribution < 1.29 is 14.9 Å². The molecule has 0 aliphatic rings. The second-order valence-corrected chi connectivity index (χ2v) is 4.18. The zero-order chi connectivity index (χ0) is 13.8. The number of phenolic OH excluding ortho intramolecular Hbond substituents is 2. The fourth-order valence-corrected chi connectivity index (χ4v) is 1.99.